The van der Waals surface area contributed by atoms with Gasteiger partial charge in [-0.1, -0.05) is 0 Å². The van der Waals surface area contributed by atoms with E-state index in [1.165, 1.54) is 0 Å². The standard InChI is InChI=1S/C14H20O5/c15-13(17-9-5-1-2-6-9)11-12(19-11)14(16)18-10-7-3-4-8-10/h9-12H,1-8H2. The zero-order chi connectivity index (χ0) is 13.2. The van der Waals surface area contributed by atoms with Crippen molar-refractivity contribution in [3.05, 3.63) is 0 Å². The first kappa shape index (κ1) is 12.9. The molecule has 5 heteroatoms. The third-order valence-corrected chi connectivity index (χ3v) is 4.13. The predicted molar refractivity (Wildman–Crippen MR) is 65.4 cm³/mol. The summed E-state index contributed by atoms with van der Waals surface area (Å²) < 4.78 is 15.7. The summed E-state index contributed by atoms with van der Waals surface area (Å²) in [5.41, 5.74) is 0. The number of ether oxygens (including phenoxy) is 3. The van der Waals surface area contributed by atoms with Gasteiger partial charge < -0.3 is 14.2 Å². The van der Waals surface area contributed by atoms with Gasteiger partial charge in [-0.25, -0.2) is 9.59 Å². The van der Waals surface area contributed by atoms with Crippen LogP contribution >= 0.6 is 0 Å². The van der Waals surface area contributed by atoms with E-state index in [1.54, 1.807) is 0 Å². The van der Waals surface area contributed by atoms with Crippen molar-refractivity contribution < 1.29 is 23.8 Å². The first-order valence-electron chi connectivity index (χ1n) is 7.30. The predicted octanol–water partition coefficient (Wildman–Crippen LogP) is 1.73. The fourth-order valence-corrected chi connectivity index (χ4v) is 2.95. The van der Waals surface area contributed by atoms with Gasteiger partial charge in [0, 0.05) is 0 Å². The van der Waals surface area contributed by atoms with Crippen molar-refractivity contribution >= 4 is 11.9 Å². The Morgan fingerprint density at radius 3 is 1.47 bits per heavy atom. The molecular formula is C14H20O5. The van der Waals surface area contributed by atoms with Crippen LogP contribution in [0.1, 0.15) is 51.4 Å². The highest BCUT2D eigenvalue weighted by Gasteiger charge is 2.53. The molecular weight excluding hydrogens is 248 g/mol. The Hall–Kier alpha value is -1.10. The van der Waals surface area contributed by atoms with Crippen LogP contribution in [0.3, 0.4) is 0 Å². The first-order chi connectivity index (χ1) is 9.24. The second kappa shape index (κ2) is 5.49. The second-order valence-electron chi connectivity index (χ2n) is 5.66. The monoisotopic (exact) mass is 268 g/mol. The van der Waals surface area contributed by atoms with Crippen molar-refractivity contribution in [3.8, 4) is 0 Å². The van der Waals surface area contributed by atoms with E-state index < -0.39 is 24.1 Å². The van der Waals surface area contributed by atoms with E-state index in [-0.39, 0.29) is 12.2 Å². The number of carbonyl (C=O) groups is 2. The molecule has 1 aliphatic heterocycles. The molecule has 5 nitrogen and oxygen atoms in total. The molecule has 0 bridgehead atoms. The van der Waals surface area contributed by atoms with Crippen molar-refractivity contribution in [2.75, 3.05) is 0 Å². The lowest BCUT2D eigenvalue weighted by atomic mass is 10.2. The Labute approximate surface area is 112 Å². The maximum Gasteiger partial charge on any atom is 0.338 e. The summed E-state index contributed by atoms with van der Waals surface area (Å²) in [4.78, 5) is 23.5. The van der Waals surface area contributed by atoms with Gasteiger partial charge in [0.2, 0.25) is 0 Å². The Kier molecular flexibility index (Phi) is 3.73. The fraction of sp³-hybridized carbons (Fsp3) is 0.857. The van der Waals surface area contributed by atoms with E-state index in [0.717, 1.165) is 51.4 Å². The topological polar surface area (TPSA) is 65.1 Å². The molecule has 1 heterocycles. The maximum absolute atomic E-state index is 11.8. The van der Waals surface area contributed by atoms with Crippen LogP contribution in [0.15, 0.2) is 0 Å². The molecule has 0 amide bonds. The number of carbonyl (C=O) groups excluding carboxylic acids is 2. The fourth-order valence-electron chi connectivity index (χ4n) is 2.95. The lowest BCUT2D eigenvalue weighted by Crippen LogP contribution is -2.25. The van der Waals surface area contributed by atoms with E-state index in [9.17, 15) is 9.59 Å². The number of epoxide rings is 1. The third kappa shape index (κ3) is 3.08. The van der Waals surface area contributed by atoms with Crippen LogP contribution < -0.4 is 0 Å². The zero-order valence-electron chi connectivity index (χ0n) is 11.0. The second-order valence-corrected chi connectivity index (χ2v) is 5.66. The zero-order valence-corrected chi connectivity index (χ0v) is 11.0. The van der Waals surface area contributed by atoms with Crippen LogP contribution in [0.4, 0.5) is 0 Å². The van der Waals surface area contributed by atoms with Gasteiger partial charge in [-0.05, 0) is 51.4 Å². The highest BCUT2D eigenvalue weighted by molar-refractivity contribution is 5.90. The quantitative estimate of drug-likeness (QED) is 0.574. The van der Waals surface area contributed by atoms with Crippen molar-refractivity contribution in [3.63, 3.8) is 0 Å². The molecule has 3 rings (SSSR count). The Balaban J connectivity index is 1.41. The minimum atomic E-state index is -0.727. The van der Waals surface area contributed by atoms with Gasteiger partial charge in [-0.15, -0.1) is 0 Å². The number of rotatable bonds is 4. The van der Waals surface area contributed by atoms with Gasteiger partial charge >= 0.3 is 11.9 Å². The van der Waals surface area contributed by atoms with Gasteiger partial charge in [0.05, 0.1) is 0 Å². The number of hydrogen-bond donors (Lipinski definition) is 0. The molecule has 1 saturated heterocycles. The summed E-state index contributed by atoms with van der Waals surface area (Å²) in [6.45, 7) is 0. The van der Waals surface area contributed by atoms with Crippen molar-refractivity contribution in [1.82, 2.24) is 0 Å². The minimum absolute atomic E-state index is 0.0169. The van der Waals surface area contributed by atoms with E-state index >= 15 is 0 Å². The van der Waals surface area contributed by atoms with E-state index in [1.807, 2.05) is 0 Å². The molecule has 0 aromatic carbocycles. The molecule has 0 spiro atoms. The highest BCUT2D eigenvalue weighted by Crippen LogP contribution is 2.30. The minimum Gasteiger partial charge on any atom is -0.460 e. The third-order valence-electron chi connectivity index (χ3n) is 4.13. The number of hydrogen-bond acceptors (Lipinski definition) is 5. The molecule has 2 saturated carbocycles. The van der Waals surface area contributed by atoms with Crippen molar-refractivity contribution in [1.29, 1.82) is 0 Å². The molecule has 3 fully saturated rings. The lowest BCUT2D eigenvalue weighted by molar-refractivity contribution is -0.152. The van der Waals surface area contributed by atoms with Crippen LogP contribution in [0.25, 0.3) is 0 Å². The Bertz CT molecular complexity index is 321. The summed E-state index contributed by atoms with van der Waals surface area (Å²) in [6, 6.07) is 0. The Morgan fingerprint density at radius 2 is 1.11 bits per heavy atom. The van der Waals surface area contributed by atoms with Gasteiger partial charge in [0.25, 0.3) is 0 Å². The first-order valence-corrected chi connectivity index (χ1v) is 7.30. The van der Waals surface area contributed by atoms with Crippen LogP contribution in [0.2, 0.25) is 0 Å². The van der Waals surface area contributed by atoms with Gasteiger partial charge in [-0.3, -0.25) is 0 Å². The van der Waals surface area contributed by atoms with Crippen LogP contribution in [-0.2, 0) is 23.8 Å². The Morgan fingerprint density at radius 1 is 0.737 bits per heavy atom. The molecule has 0 aromatic heterocycles. The largest absolute Gasteiger partial charge is 0.460 e. The van der Waals surface area contributed by atoms with Crippen LogP contribution in [0.5, 0.6) is 0 Å². The van der Waals surface area contributed by atoms with Crippen molar-refractivity contribution in [2.45, 2.75) is 75.8 Å². The summed E-state index contributed by atoms with van der Waals surface area (Å²) in [5, 5.41) is 0. The smallest absolute Gasteiger partial charge is 0.338 e. The van der Waals surface area contributed by atoms with Gasteiger partial charge in [0.1, 0.15) is 12.2 Å². The molecule has 0 radical (unpaired) electrons. The van der Waals surface area contributed by atoms with Gasteiger partial charge in [-0.2, -0.15) is 0 Å². The molecule has 106 valence electrons. The van der Waals surface area contributed by atoms with E-state index in [0.29, 0.717) is 0 Å². The van der Waals surface area contributed by atoms with Crippen LogP contribution in [-0.4, -0.2) is 36.4 Å². The molecule has 3 aliphatic rings. The molecule has 2 aliphatic carbocycles. The molecule has 2 atom stereocenters. The normalized spacial score (nSPS) is 31.4. The number of esters is 2. The average molecular weight is 268 g/mol. The average Bonchev–Trinajstić information content (AvgIpc) is 2.78. The summed E-state index contributed by atoms with van der Waals surface area (Å²) >= 11 is 0. The van der Waals surface area contributed by atoms with Crippen LogP contribution in [0, 0.1) is 0 Å². The van der Waals surface area contributed by atoms with E-state index in [2.05, 4.69) is 0 Å². The van der Waals surface area contributed by atoms with Crippen molar-refractivity contribution in [2.24, 2.45) is 0 Å². The maximum atomic E-state index is 11.8. The van der Waals surface area contributed by atoms with E-state index in [4.69, 9.17) is 14.2 Å². The summed E-state index contributed by atoms with van der Waals surface area (Å²) in [7, 11) is 0. The molecule has 0 N–H and O–H groups in total. The summed E-state index contributed by atoms with van der Waals surface area (Å²) in [6.07, 6.45) is 6.72. The summed E-state index contributed by atoms with van der Waals surface area (Å²) in [5.74, 6) is -0.805. The van der Waals surface area contributed by atoms with Gasteiger partial charge in [0.15, 0.2) is 12.2 Å². The SMILES string of the molecule is O=C(OC1CCCC1)C1OC1C(=O)OC1CCCC1. The molecule has 0 aromatic rings. The molecule has 2 unspecified atom stereocenters. The lowest BCUT2D eigenvalue weighted by Gasteiger charge is -2.10. The highest BCUT2D eigenvalue weighted by atomic mass is 16.7. The molecule has 19 heavy (non-hydrogen) atoms.